The van der Waals surface area contributed by atoms with E-state index in [9.17, 15) is 9.59 Å². The van der Waals surface area contributed by atoms with Gasteiger partial charge in [0.2, 0.25) is 0 Å². The van der Waals surface area contributed by atoms with Gasteiger partial charge in [0.1, 0.15) is 0 Å². The van der Waals surface area contributed by atoms with Crippen molar-refractivity contribution in [1.82, 2.24) is 5.32 Å². The Balaban J connectivity index is 1.47. The Bertz CT molecular complexity index is 749. The number of benzene rings is 1. The van der Waals surface area contributed by atoms with E-state index >= 15 is 0 Å². The fourth-order valence-electron chi connectivity index (χ4n) is 2.85. The molecular formula is C17H17N3O2S. The third-order valence-corrected chi connectivity index (χ3v) is 5.14. The number of carbonyl (C=O) groups is 2. The third kappa shape index (κ3) is 2.82. The molecule has 118 valence electrons. The summed E-state index contributed by atoms with van der Waals surface area (Å²) in [6.45, 7) is 1.34. The number of urea groups is 1. The van der Waals surface area contributed by atoms with Crippen molar-refractivity contribution in [3.8, 4) is 0 Å². The van der Waals surface area contributed by atoms with Crippen LogP contribution in [0.15, 0.2) is 35.7 Å². The molecule has 1 aliphatic heterocycles. The minimum atomic E-state index is -0.0746. The number of anilines is 2. The smallest absolute Gasteiger partial charge is 0.321 e. The first-order chi connectivity index (χ1) is 11.2. The SMILES string of the molecule is O=C(Nc1ccc(N2CCNC2=O)cc1)c1sccc1C1CC1. The van der Waals surface area contributed by atoms with Gasteiger partial charge in [0.15, 0.2) is 0 Å². The monoisotopic (exact) mass is 327 g/mol. The standard InChI is InChI=1S/C17H17N3O2S/c21-16(15-14(7-10-23-15)11-1-2-11)19-12-3-5-13(6-4-12)20-9-8-18-17(20)22/h3-7,10-11H,1-2,8-9H2,(H,18,22)(H,19,21). The fraction of sp³-hybridized carbons (Fsp3) is 0.294. The molecule has 0 unspecified atom stereocenters. The Morgan fingerprint density at radius 3 is 2.65 bits per heavy atom. The molecule has 2 aromatic rings. The van der Waals surface area contributed by atoms with Crippen LogP contribution in [0.25, 0.3) is 0 Å². The largest absolute Gasteiger partial charge is 0.336 e. The second kappa shape index (κ2) is 5.70. The molecule has 5 nitrogen and oxygen atoms in total. The summed E-state index contributed by atoms with van der Waals surface area (Å²) in [5.41, 5.74) is 2.76. The molecule has 1 saturated heterocycles. The highest BCUT2D eigenvalue weighted by Gasteiger charge is 2.29. The summed E-state index contributed by atoms with van der Waals surface area (Å²) in [6, 6.07) is 9.38. The molecule has 1 aromatic heterocycles. The van der Waals surface area contributed by atoms with Crippen LogP contribution in [0.3, 0.4) is 0 Å². The summed E-state index contributed by atoms with van der Waals surface area (Å²) in [7, 11) is 0. The van der Waals surface area contributed by atoms with Crippen LogP contribution in [0, 0.1) is 0 Å². The Labute approximate surface area is 138 Å². The topological polar surface area (TPSA) is 61.4 Å². The van der Waals surface area contributed by atoms with Crippen molar-refractivity contribution < 1.29 is 9.59 Å². The average molecular weight is 327 g/mol. The molecule has 0 radical (unpaired) electrons. The lowest BCUT2D eigenvalue weighted by Crippen LogP contribution is -2.27. The molecule has 2 aliphatic rings. The van der Waals surface area contributed by atoms with Gasteiger partial charge in [-0.25, -0.2) is 4.79 Å². The van der Waals surface area contributed by atoms with Crippen LogP contribution in [-0.2, 0) is 0 Å². The van der Waals surface area contributed by atoms with Crippen LogP contribution in [-0.4, -0.2) is 25.0 Å². The van der Waals surface area contributed by atoms with Crippen molar-refractivity contribution in [1.29, 1.82) is 0 Å². The Hall–Kier alpha value is -2.34. The van der Waals surface area contributed by atoms with E-state index in [0.29, 0.717) is 19.0 Å². The van der Waals surface area contributed by atoms with Crippen molar-refractivity contribution in [3.63, 3.8) is 0 Å². The van der Waals surface area contributed by atoms with Crippen molar-refractivity contribution in [3.05, 3.63) is 46.2 Å². The van der Waals surface area contributed by atoms with E-state index in [0.717, 1.165) is 16.3 Å². The summed E-state index contributed by atoms with van der Waals surface area (Å²) >= 11 is 1.50. The fourth-order valence-corrected chi connectivity index (χ4v) is 3.73. The van der Waals surface area contributed by atoms with Crippen LogP contribution >= 0.6 is 11.3 Å². The van der Waals surface area contributed by atoms with Gasteiger partial charge < -0.3 is 10.6 Å². The molecule has 1 aromatic carbocycles. The van der Waals surface area contributed by atoms with Crippen LogP contribution < -0.4 is 15.5 Å². The first-order valence-electron chi connectivity index (χ1n) is 7.76. The summed E-state index contributed by atoms with van der Waals surface area (Å²) in [5, 5.41) is 7.71. The highest BCUT2D eigenvalue weighted by molar-refractivity contribution is 7.12. The normalized spacial score (nSPS) is 17.2. The van der Waals surface area contributed by atoms with Gasteiger partial charge >= 0.3 is 6.03 Å². The van der Waals surface area contributed by atoms with Gasteiger partial charge in [0, 0.05) is 24.5 Å². The highest BCUT2D eigenvalue weighted by atomic mass is 32.1. The van der Waals surface area contributed by atoms with E-state index in [1.54, 1.807) is 4.90 Å². The molecule has 0 bridgehead atoms. The number of thiophene rings is 1. The maximum atomic E-state index is 12.4. The van der Waals surface area contributed by atoms with Gasteiger partial charge in [-0.05, 0) is 60.0 Å². The molecule has 1 aliphatic carbocycles. The molecule has 2 N–H and O–H groups in total. The van der Waals surface area contributed by atoms with Crippen LogP contribution in [0.2, 0.25) is 0 Å². The Morgan fingerprint density at radius 2 is 2.00 bits per heavy atom. The van der Waals surface area contributed by atoms with Crippen LogP contribution in [0.4, 0.5) is 16.2 Å². The van der Waals surface area contributed by atoms with Crippen molar-refractivity contribution in [2.24, 2.45) is 0 Å². The van der Waals surface area contributed by atoms with Gasteiger partial charge in [-0.1, -0.05) is 0 Å². The molecule has 2 fully saturated rings. The zero-order valence-electron chi connectivity index (χ0n) is 12.5. The minimum Gasteiger partial charge on any atom is -0.336 e. The number of nitrogens with one attached hydrogen (secondary N) is 2. The summed E-state index contributed by atoms with van der Waals surface area (Å²) in [5.74, 6) is 0.520. The number of rotatable bonds is 4. The van der Waals surface area contributed by atoms with E-state index in [1.807, 2.05) is 29.6 Å². The summed E-state index contributed by atoms with van der Waals surface area (Å²) < 4.78 is 0. The molecule has 4 rings (SSSR count). The lowest BCUT2D eigenvalue weighted by Gasteiger charge is -2.14. The lowest BCUT2D eigenvalue weighted by molar-refractivity contribution is 0.102. The number of hydrogen-bond donors (Lipinski definition) is 2. The number of nitrogens with zero attached hydrogens (tertiary/aromatic N) is 1. The maximum absolute atomic E-state index is 12.4. The van der Waals surface area contributed by atoms with Crippen LogP contribution in [0.1, 0.15) is 34.0 Å². The Morgan fingerprint density at radius 1 is 1.22 bits per heavy atom. The predicted molar refractivity (Wildman–Crippen MR) is 91.4 cm³/mol. The van der Waals surface area contributed by atoms with Crippen LogP contribution in [0.5, 0.6) is 0 Å². The molecule has 3 amide bonds. The van der Waals surface area contributed by atoms with E-state index in [1.165, 1.54) is 29.7 Å². The van der Waals surface area contributed by atoms with Gasteiger partial charge in [-0.3, -0.25) is 9.69 Å². The van der Waals surface area contributed by atoms with Gasteiger partial charge in [0.05, 0.1) is 4.88 Å². The summed E-state index contributed by atoms with van der Waals surface area (Å²) in [4.78, 5) is 26.6. The number of amides is 3. The third-order valence-electron chi connectivity index (χ3n) is 4.21. The number of carbonyl (C=O) groups excluding carboxylic acids is 2. The van der Waals surface area contributed by atoms with E-state index in [2.05, 4.69) is 16.7 Å². The van der Waals surface area contributed by atoms with Crippen molar-refractivity contribution >= 4 is 34.6 Å². The zero-order chi connectivity index (χ0) is 15.8. The molecule has 0 spiro atoms. The minimum absolute atomic E-state index is 0.0476. The van der Waals surface area contributed by atoms with Gasteiger partial charge in [-0.15, -0.1) is 11.3 Å². The van der Waals surface area contributed by atoms with Gasteiger partial charge in [0.25, 0.3) is 5.91 Å². The quantitative estimate of drug-likeness (QED) is 0.904. The Kier molecular flexibility index (Phi) is 3.53. The maximum Gasteiger partial charge on any atom is 0.321 e. The first kappa shape index (κ1) is 14.3. The second-order valence-electron chi connectivity index (χ2n) is 5.86. The summed E-state index contributed by atoms with van der Waals surface area (Å²) in [6.07, 6.45) is 2.37. The lowest BCUT2D eigenvalue weighted by atomic mass is 10.1. The number of hydrogen-bond acceptors (Lipinski definition) is 3. The van der Waals surface area contributed by atoms with E-state index in [4.69, 9.17) is 0 Å². The molecule has 23 heavy (non-hydrogen) atoms. The van der Waals surface area contributed by atoms with Crippen molar-refractivity contribution in [2.45, 2.75) is 18.8 Å². The van der Waals surface area contributed by atoms with E-state index < -0.39 is 0 Å². The molecular weight excluding hydrogens is 310 g/mol. The molecule has 6 heteroatoms. The molecule has 2 heterocycles. The predicted octanol–water partition coefficient (Wildman–Crippen LogP) is 3.41. The van der Waals surface area contributed by atoms with Gasteiger partial charge in [-0.2, -0.15) is 0 Å². The molecule has 1 saturated carbocycles. The zero-order valence-corrected chi connectivity index (χ0v) is 13.4. The highest BCUT2D eigenvalue weighted by Crippen LogP contribution is 2.43. The van der Waals surface area contributed by atoms with Crippen molar-refractivity contribution in [2.75, 3.05) is 23.3 Å². The average Bonchev–Trinajstić information content (AvgIpc) is 3.12. The second-order valence-corrected chi connectivity index (χ2v) is 6.78. The van der Waals surface area contributed by atoms with E-state index in [-0.39, 0.29) is 11.9 Å². The molecule has 0 atom stereocenters. The first-order valence-corrected chi connectivity index (χ1v) is 8.64.